The Morgan fingerprint density at radius 1 is 1.21 bits per heavy atom. The number of aliphatic carboxylic acids is 1. The fourth-order valence-corrected chi connectivity index (χ4v) is 1.94. The summed E-state index contributed by atoms with van der Waals surface area (Å²) in [4.78, 5) is 12.7. The van der Waals surface area contributed by atoms with Crippen molar-refractivity contribution in [3.8, 4) is 11.5 Å². The molecule has 0 spiro atoms. The molecule has 0 aliphatic rings. The van der Waals surface area contributed by atoms with E-state index in [0.717, 1.165) is 18.5 Å². The Labute approximate surface area is 113 Å². The zero-order valence-corrected chi connectivity index (χ0v) is 11.7. The van der Waals surface area contributed by atoms with E-state index in [1.807, 2.05) is 24.0 Å². The molecule has 5 heteroatoms. The molecule has 1 rings (SSSR count). The van der Waals surface area contributed by atoms with Crippen LogP contribution in [0, 0.1) is 0 Å². The van der Waals surface area contributed by atoms with Crippen LogP contribution in [0.5, 0.6) is 11.5 Å². The monoisotopic (exact) mass is 267 g/mol. The van der Waals surface area contributed by atoms with Crippen molar-refractivity contribution in [3.05, 3.63) is 23.8 Å². The number of carboxylic acid groups (broad SMARTS) is 1. The average molecular weight is 267 g/mol. The van der Waals surface area contributed by atoms with Crippen molar-refractivity contribution in [2.75, 3.05) is 27.3 Å². The van der Waals surface area contributed by atoms with Crippen molar-refractivity contribution < 1.29 is 19.4 Å². The van der Waals surface area contributed by atoms with Gasteiger partial charge in [-0.1, -0.05) is 6.92 Å². The fraction of sp³-hybridized carbons (Fsp3) is 0.500. The zero-order chi connectivity index (χ0) is 14.3. The third-order valence-electron chi connectivity index (χ3n) is 2.72. The lowest BCUT2D eigenvalue weighted by atomic mass is 10.2. The molecular formula is C14H21NO4. The highest BCUT2D eigenvalue weighted by atomic mass is 16.5. The molecule has 0 aliphatic carbocycles. The van der Waals surface area contributed by atoms with Crippen LogP contribution in [0.2, 0.25) is 0 Å². The third kappa shape index (κ3) is 5.18. The largest absolute Gasteiger partial charge is 0.497 e. The zero-order valence-electron chi connectivity index (χ0n) is 11.7. The van der Waals surface area contributed by atoms with Crippen LogP contribution in [-0.4, -0.2) is 43.3 Å². The Kier molecular flexibility index (Phi) is 6.15. The van der Waals surface area contributed by atoms with Crippen molar-refractivity contribution >= 4 is 5.97 Å². The molecular weight excluding hydrogens is 246 g/mol. The van der Waals surface area contributed by atoms with Gasteiger partial charge in [0.05, 0.1) is 20.8 Å². The Morgan fingerprint density at radius 3 is 2.21 bits per heavy atom. The highest BCUT2D eigenvalue weighted by Crippen LogP contribution is 2.23. The molecule has 0 amide bonds. The maximum Gasteiger partial charge on any atom is 0.317 e. The molecule has 0 aliphatic heterocycles. The molecule has 19 heavy (non-hydrogen) atoms. The van der Waals surface area contributed by atoms with E-state index in [9.17, 15) is 4.79 Å². The highest BCUT2D eigenvalue weighted by molar-refractivity contribution is 5.69. The second kappa shape index (κ2) is 7.63. The lowest BCUT2D eigenvalue weighted by molar-refractivity contribution is -0.138. The summed E-state index contributed by atoms with van der Waals surface area (Å²) in [6, 6.07) is 5.59. The number of methoxy groups -OCH3 is 2. The van der Waals surface area contributed by atoms with E-state index in [2.05, 4.69) is 0 Å². The van der Waals surface area contributed by atoms with Gasteiger partial charge in [-0.05, 0) is 30.7 Å². The number of rotatable bonds is 8. The van der Waals surface area contributed by atoms with Gasteiger partial charge in [0, 0.05) is 12.6 Å². The van der Waals surface area contributed by atoms with E-state index >= 15 is 0 Å². The quantitative estimate of drug-likeness (QED) is 0.780. The normalized spacial score (nSPS) is 10.5. The van der Waals surface area contributed by atoms with E-state index in [-0.39, 0.29) is 6.54 Å². The first kappa shape index (κ1) is 15.3. The van der Waals surface area contributed by atoms with E-state index in [1.165, 1.54) is 0 Å². The topological polar surface area (TPSA) is 59.0 Å². The van der Waals surface area contributed by atoms with Gasteiger partial charge >= 0.3 is 5.97 Å². The van der Waals surface area contributed by atoms with Gasteiger partial charge in [0.1, 0.15) is 11.5 Å². The molecule has 0 radical (unpaired) electrons. The summed E-state index contributed by atoms with van der Waals surface area (Å²) in [5.41, 5.74) is 0.978. The summed E-state index contributed by atoms with van der Waals surface area (Å²) in [6.45, 7) is 3.37. The molecule has 0 aromatic heterocycles. The van der Waals surface area contributed by atoms with Crippen LogP contribution in [0.25, 0.3) is 0 Å². The molecule has 1 aromatic carbocycles. The maximum absolute atomic E-state index is 10.8. The van der Waals surface area contributed by atoms with Crippen molar-refractivity contribution in [1.82, 2.24) is 4.90 Å². The smallest absolute Gasteiger partial charge is 0.317 e. The molecule has 0 saturated heterocycles. The third-order valence-corrected chi connectivity index (χ3v) is 2.72. The standard InChI is InChI=1S/C14H21NO4/c1-4-5-15(10-14(16)17)9-11-6-12(18-2)8-13(7-11)19-3/h6-8H,4-5,9-10H2,1-3H3,(H,16,17). The Bertz CT molecular complexity index is 398. The highest BCUT2D eigenvalue weighted by Gasteiger charge is 2.11. The van der Waals surface area contributed by atoms with Crippen molar-refractivity contribution in [2.45, 2.75) is 19.9 Å². The summed E-state index contributed by atoms with van der Waals surface area (Å²) >= 11 is 0. The van der Waals surface area contributed by atoms with Crippen molar-refractivity contribution in [2.24, 2.45) is 0 Å². The molecule has 0 unspecified atom stereocenters. The second-order valence-corrected chi connectivity index (χ2v) is 4.33. The van der Waals surface area contributed by atoms with Gasteiger partial charge in [0.15, 0.2) is 0 Å². The number of benzene rings is 1. The Morgan fingerprint density at radius 2 is 1.79 bits per heavy atom. The van der Waals surface area contributed by atoms with E-state index in [0.29, 0.717) is 18.0 Å². The number of carbonyl (C=O) groups is 1. The molecule has 106 valence electrons. The first-order valence-electron chi connectivity index (χ1n) is 6.25. The molecule has 0 bridgehead atoms. The number of hydrogen-bond donors (Lipinski definition) is 1. The van der Waals surface area contributed by atoms with Gasteiger partial charge in [-0.25, -0.2) is 0 Å². The summed E-state index contributed by atoms with van der Waals surface area (Å²) in [6.07, 6.45) is 0.911. The first-order valence-corrected chi connectivity index (χ1v) is 6.25. The predicted molar refractivity (Wildman–Crippen MR) is 72.7 cm³/mol. The minimum Gasteiger partial charge on any atom is -0.497 e. The molecule has 0 heterocycles. The van der Waals surface area contributed by atoms with Gasteiger partial charge in [-0.3, -0.25) is 9.69 Å². The van der Waals surface area contributed by atoms with E-state index in [1.54, 1.807) is 20.3 Å². The molecule has 5 nitrogen and oxygen atoms in total. The van der Waals surface area contributed by atoms with Gasteiger partial charge in [-0.15, -0.1) is 0 Å². The minimum absolute atomic E-state index is 0.0351. The van der Waals surface area contributed by atoms with Crippen molar-refractivity contribution in [1.29, 1.82) is 0 Å². The maximum atomic E-state index is 10.8. The number of nitrogens with zero attached hydrogens (tertiary/aromatic N) is 1. The van der Waals surface area contributed by atoms with E-state index < -0.39 is 5.97 Å². The minimum atomic E-state index is -0.816. The van der Waals surface area contributed by atoms with Gasteiger partial charge in [0.25, 0.3) is 0 Å². The molecule has 0 atom stereocenters. The summed E-state index contributed by atoms with van der Waals surface area (Å²) in [7, 11) is 3.19. The van der Waals surface area contributed by atoms with Gasteiger partial charge < -0.3 is 14.6 Å². The van der Waals surface area contributed by atoms with E-state index in [4.69, 9.17) is 14.6 Å². The van der Waals surface area contributed by atoms with Crippen molar-refractivity contribution in [3.63, 3.8) is 0 Å². The number of carboxylic acids is 1. The van der Waals surface area contributed by atoms with Crippen LogP contribution in [0.4, 0.5) is 0 Å². The van der Waals surface area contributed by atoms with Gasteiger partial charge in [-0.2, -0.15) is 0 Å². The van der Waals surface area contributed by atoms with Crippen LogP contribution < -0.4 is 9.47 Å². The fourth-order valence-electron chi connectivity index (χ4n) is 1.94. The molecule has 1 aromatic rings. The van der Waals surface area contributed by atoms with Crippen LogP contribution in [0.3, 0.4) is 0 Å². The van der Waals surface area contributed by atoms with Crippen LogP contribution >= 0.6 is 0 Å². The first-order chi connectivity index (χ1) is 9.08. The number of hydrogen-bond acceptors (Lipinski definition) is 4. The molecule has 0 fully saturated rings. The Balaban J connectivity index is 2.84. The average Bonchev–Trinajstić information content (AvgIpc) is 2.37. The lowest BCUT2D eigenvalue weighted by Gasteiger charge is -2.20. The summed E-state index contributed by atoms with van der Waals surface area (Å²) in [5, 5.41) is 8.90. The number of ether oxygens (including phenoxy) is 2. The van der Waals surface area contributed by atoms with Crippen LogP contribution in [0.15, 0.2) is 18.2 Å². The summed E-state index contributed by atoms with van der Waals surface area (Å²) < 4.78 is 10.4. The lowest BCUT2D eigenvalue weighted by Crippen LogP contribution is -2.30. The SMILES string of the molecule is CCCN(CC(=O)O)Cc1cc(OC)cc(OC)c1. The van der Waals surface area contributed by atoms with Crippen LogP contribution in [-0.2, 0) is 11.3 Å². The Hall–Kier alpha value is -1.75. The van der Waals surface area contributed by atoms with Gasteiger partial charge in [0.2, 0.25) is 0 Å². The summed E-state index contributed by atoms with van der Waals surface area (Å²) in [5.74, 6) is 0.602. The molecule has 1 N–H and O–H groups in total. The molecule has 0 saturated carbocycles. The predicted octanol–water partition coefficient (Wildman–Crippen LogP) is 2.00. The van der Waals surface area contributed by atoms with Crippen LogP contribution in [0.1, 0.15) is 18.9 Å². The second-order valence-electron chi connectivity index (χ2n) is 4.33.